The summed E-state index contributed by atoms with van der Waals surface area (Å²) in [5.41, 5.74) is 0.943. The fraction of sp³-hybridized carbons (Fsp3) is 0.294. The Kier molecular flexibility index (Phi) is 6.21. The van der Waals surface area contributed by atoms with Gasteiger partial charge in [-0.3, -0.25) is 0 Å². The van der Waals surface area contributed by atoms with Crippen molar-refractivity contribution >= 4 is 11.8 Å². The third-order valence-electron chi connectivity index (χ3n) is 3.12. The zero-order valence-electron chi connectivity index (χ0n) is 12.0. The van der Waals surface area contributed by atoms with E-state index in [1.165, 1.54) is 18.2 Å². The Morgan fingerprint density at radius 2 is 1.81 bits per heavy atom. The minimum Gasteiger partial charge on any atom is -0.309 e. The summed E-state index contributed by atoms with van der Waals surface area (Å²) in [6, 6.07) is 13.2. The fourth-order valence-electron chi connectivity index (χ4n) is 2.03. The lowest BCUT2D eigenvalue weighted by molar-refractivity contribution is 0.568. The molecule has 0 fully saturated rings. The Morgan fingerprint density at radius 3 is 2.48 bits per heavy atom. The van der Waals surface area contributed by atoms with E-state index in [0.29, 0.717) is 0 Å². The van der Waals surface area contributed by atoms with E-state index in [9.17, 15) is 8.78 Å². The molecule has 1 nitrogen and oxygen atoms in total. The van der Waals surface area contributed by atoms with E-state index >= 15 is 0 Å². The molecule has 0 aliphatic carbocycles. The second-order valence-corrected chi connectivity index (χ2v) is 5.92. The zero-order valence-corrected chi connectivity index (χ0v) is 12.8. The number of benzene rings is 2. The van der Waals surface area contributed by atoms with Crippen LogP contribution in [0.25, 0.3) is 0 Å². The van der Waals surface area contributed by atoms with Crippen molar-refractivity contribution in [1.82, 2.24) is 5.32 Å². The molecule has 2 aromatic rings. The molecule has 2 rings (SSSR count). The van der Waals surface area contributed by atoms with Crippen molar-refractivity contribution in [3.63, 3.8) is 0 Å². The highest BCUT2D eigenvalue weighted by Gasteiger charge is 2.12. The molecule has 0 aliphatic rings. The van der Waals surface area contributed by atoms with Crippen LogP contribution in [-0.4, -0.2) is 12.3 Å². The van der Waals surface area contributed by atoms with Crippen LogP contribution >= 0.6 is 11.8 Å². The zero-order chi connectivity index (χ0) is 15.1. The van der Waals surface area contributed by atoms with Crippen LogP contribution in [0.5, 0.6) is 0 Å². The molecule has 1 N–H and O–H groups in total. The first-order chi connectivity index (χ1) is 10.2. The molecule has 4 heteroatoms. The van der Waals surface area contributed by atoms with Crippen LogP contribution in [0.15, 0.2) is 53.4 Å². The van der Waals surface area contributed by atoms with Crippen LogP contribution in [0.1, 0.15) is 24.9 Å². The lowest BCUT2D eigenvalue weighted by Crippen LogP contribution is -2.24. The van der Waals surface area contributed by atoms with Crippen LogP contribution in [0.3, 0.4) is 0 Å². The summed E-state index contributed by atoms with van der Waals surface area (Å²) < 4.78 is 26.3. The average molecular weight is 307 g/mol. The van der Waals surface area contributed by atoms with E-state index in [1.54, 1.807) is 36.0 Å². The van der Waals surface area contributed by atoms with Crippen LogP contribution in [0, 0.1) is 11.6 Å². The predicted octanol–water partition coefficient (Wildman–Crippen LogP) is 4.80. The van der Waals surface area contributed by atoms with Crippen LogP contribution in [0.2, 0.25) is 0 Å². The van der Waals surface area contributed by atoms with Gasteiger partial charge in [0.1, 0.15) is 11.6 Å². The molecule has 0 saturated heterocycles. The van der Waals surface area contributed by atoms with Gasteiger partial charge in [0.15, 0.2) is 0 Å². The van der Waals surface area contributed by atoms with Crippen molar-refractivity contribution in [1.29, 1.82) is 0 Å². The summed E-state index contributed by atoms with van der Waals surface area (Å²) in [6.45, 7) is 2.98. The van der Waals surface area contributed by atoms with Crippen molar-refractivity contribution in [2.75, 3.05) is 12.3 Å². The molecule has 0 aliphatic heterocycles. The van der Waals surface area contributed by atoms with Gasteiger partial charge in [0.2, 0.25) is 0 Å². The average Bonchev–Trinajstić information content (AvgIpc) is 2.49. The van der Waals surface area contributed by atoms with Crippen molar-refractivity contribution in [2.24, 2.45) is 0 Å². The van der Waals surface area contributed by atoms with Gasteiger partial charge in [-0.15, -0.1) is 11.8 Å². The van der Waals surface area contributed by atoms with Gasteiger partial charge < -0.3 is 5.32 Å². The first-order valence-corrected chi connectivity index (χ1v) is 8.05. The highest BCUT2D eigenvalue weighted by molar-refractivity contribution is 7.99. The molecular weight excluding hydrogens is 288 g/mol. The summed E-state index contributed by atoms with van der Waals surface area (Å²) in [7, 11) is 0. The molecule has 0 amide bonds. The highest BCUT2D eigenvalue weighted by atomic mass is 32.2. The standard InChI is InChI=1S/C17H19F2NS/c1-2-10-20-17(13-4-3-5-15(19)11-13)12-21-16-8-6-14(18)7-9-16/h3-9,11,17,20H,2,10,12H2,1H3. The van der Waals surface area contributed by atoms with Gasteiger partial charge in [-0.25, -0.2) is 8.78 Å². The Hall–Kier alpha value is -1.39. The van der Waals surface area contributed by atoms with Crippen molar-refractivity contribution in [2.45, 2.75) is 24.3 Å². The summed E-state index contributed by atoms with van der Waals surface area (Å²) in [4.78, 5) is 1.01. The minimum absolute atomic E-state index is 0.0794. The monoisotopic (exact) mass is 307 g/mol. The van der Waals surface area contributed by atoms with E-state index in [1.807, 2.05) is 6.07 Å². The minimum atomic E-state index is -0.231. The number of thioether (sulfide) groups is 1. The van der Waals surface area contributed by atoms with E-state index in [-0.39, 0.29) is 17.7 Å². The lowest BCUT2D eigenvalue weighted by atomic mass is 10.1. The maximum atomic E-state index is 13.4. The topological polar surface area (TPSA) is 12.0 Å². The second-order valence-electron chi connectivity index (χ2n) is 4.83. The van der Waals surface area contributed by atoms with Gasteiger partial charge in [-0.2, -0.15) is 0 Å². The molecule has 2 aromatic carbocycles. The predicted molar refractivity (Wildman–Crippen MR) is 84.6 cm³/mol. The first kappa shape index (κ1) is 16.0. The van der Waals surface area contributed by atoms with Gasteiger partial charge in [-0.05, 0) is 54.9 Å². The molecule has 0 radical (unpaired) electrons. The Morgan fingerprint density at radius 1 is 1.05 bits per heavy atom. The molecule has 0 saturated carbocycles. The number of halogens is 2. The van der Waals surface area contributed by atoms with Crippen molar-refractivity contribution < 1.29 is 8.78 Å². The van der Waals surface area contributed by atoms with Gasteiger partial charge in [-0.1, -0.05) is 19.1 Å². The van der Waals surface area contributed by atoms with Crippen LogP contribution < -0.4 is 5.32 Å². The highest BCUT2D eigenvalue weighted by Crippen LogP contribution is 2.25. The summed E-state index contributed by atoms with van der Waals surface area (Å²) >= 11 is 1.64. The quantitative estimate of drug-likeness (QED) is 0.738. The van der Waals surface area contributed by atoms with Gasteiger partial charge in [0.25, 0.3) is 0 Å². The number of hydrogen-bond donors (Lipinski definition) is 1. The molecular formula is C17H19F2NS. The van der Waals surface area contributed by atoms with Crippen molar-refractivity contribution in [3.05, 3.63) is 65.7 Å². The Balaban J connectivity index is 2.04. The summed E-state index contributed by atoms with van der Waals surface area (Å²) in [6.07, 6.45) is 1.02. The van der Waals surface area contributed by atoms with Crippen molar-refractivity contribution in [3.8, 4) is 0 Å². The summed E-state index contributed by atoms with van der Waals surface area (Å²) in [5, 5.41) is 3.43. The SMILES string of the molecule is CCCNC(CSc1ccc(F)cc1)c1cccc(F)c1. The molecule has 0 aromatic heterocycles. The first-order valence-electron chi connectivity index (χ1n) is 7.06. The van der Waals surface area contributed by atoms with E-state index < -0.39 is 0 Å². The maximum absolute atomic E-state index is 13.4. The normalized spacial score (nSPS) is 12.3. The molecule has 0 heterocycles. The number of rotatable bonds is 7. The van der Waals surface area contributed by atoms with Gasteiger partial charge >= 0.3 is 0 Å². The molecule has 21 heavy (non-hydrogen) atoms. The van der Waals surface area contributed by atoms with Crippen LogP contribution in [0.4, 0.5) is 8.78 Å². The van der Waals surface area contributed by atoms with Gasteiger partial charge in [0, 0.05) is 16.7 Å². The smallest absolute Gasteiger partial charge is 0.123 e. The third kappa shape index (κ3) is 5.14. The van der Waals surface area contributed by atoms with E-state index in [0.717, 1.165) is 29.2 Å². The number of nitrogens with one attached hydrogen (secondary N) is 1. The number of hydrogen-bond acceptors (Lipinski definition) is 2. The molecule has 0 bridgehead atoms. The molecule has 112 valence electrons. The van der Waals surface area contributed by atoms with E-state index in [4.69, 9.17) is 0 Å². The van der Waals surface area contributed by atoms with Gasteiger partial charge in [0.05, 0.1) is 0 Å². The fourth-order valence-corrected chi connectivity index (χ4v) is 3.02. The molecule has 1 atom stereocenters. The Labute approximate surface area is 128 Å². The molecule has 0 spiro atoms. The van der Waals surface area contributed by atoms with E-state index in [2.05, 4.69) is 12.2 Å². The summed E-state index contributed by atoms with van der Waals surface area (Å²) in [5.74, 6) is 0.322. The lowest BCUT2D eigenvalue weighted by Gasteiger charge is -2.19. The third-order valence-corrected chi connectivity index (χ3v) is 4.23. The largest absolute Gasteiger partial charge is 0.309 e. The second kappa shape index (κ2) is 8.15. The van der Waals surface area contributed by atoms with Crippen LogP contribution in [-0.2, 0) is 0 Å². The maximum Gasteiger partial charge on any atom is 0.123 e. The Bertz CT molecular complexity index is 557. The molecule has 1 unspecified atom stereocenters.